The molecule has 0 saturated heterocycles. The number of unbranched alkanes of at least 4 members (excludes halogenated alkanes) is 30. The molecule has 0 amide bonds. The first-order valence-electron chi connectivity index (χ1n) is 43.4. The highest BCUT2D eigenvalue weighted by atomic mass is 31.2. The van der Waals surface area contributed by atoms with Gasteiger partial charge in [-0.1, -0.05) is 339 Å². The molecule has 0 aliphatic heterocycles. The molecule has 0 saturated carbocycles. The summed E-state index contributed by atoms with van der Waals surface area (Å²) >= 11 is 0. The molecule has 5 unspecified atom stereocenters. The number of esters is 3. The Kier molecular flexibility index (Phi) is 80.4. The number of hydrogen-bond donors (Lipinski definition) is 4. The molecule has 0 radical (unpaired) electrons. The van der Waals surface area contributed by atoms with Gasteiger partial charge in [0.1, 0.15) is 25.4 Å². The van der Waals surface area contributed by atoms with Gasteiger partial charge in [-0.2, -0.15) is 0 Å². The van der Waals surface area contributed by atoms with Gasteiger partial charge in [0.25, 0.3) is 0 Å². The number of carbonyl (C=O) groups excluding carboxylic acids is 3. The Balaban J connectivity index is 4.47. The predicted molar refractivity (Wildman–Crippen MR) is 463 cm³/mol. The molecule has 0 aromatic carbocycles. The topological polar surface area (TPSA) is 231 Å². The Morgan fingerprint density at radius 3 is 0.757 bits per heavy atom. The number of carbonyl (C=O) groups is 3. The van der Waals surface area contributed by atoms with Crippen molar-refractivity contribution in [1.29, 1.82) is 0 Å². The van der Waals surface area contributed by atoms with E-state index >= 15 is 0 Å². The van der Waals surface area contributed by atoms with Crippen LogP contribution >= 0.6 is 15.6 Å². The number of hydrogen-bond acceptors (Lipinski definition) is 14. The normalized spacial score (nSPS) is 14.7. The molecule has 0 aromatic rings. The first-order chi connectivity index (χ1) is 54.2. The fraction of sp³-hybridized carbons (Fsp3) is 0.667. The third kappa shape index (κ3) is 85.6. The lowest BCUT2D eigenvalue weighted by Gasteiger charge is -2.21. The van der Waals surface area contributed by atoms with Crippen molar-refractivity contribution < 1.29 is 75.8 Å². The molecule has 5 atom stereocenters. The molecule has 4 N–H and O–H groups in total. The molecule has 0 aromatic heterocycles. The zero-order valence-corrected chi connectivity index (χ0v) is 71.4. The van der Waals surface area contributed by atoms with Crippen LogP contribution in [-0.4, -0.2) is 95.9 Å². The molecule has 0 fully saturated rings. The van der Waals surface area contributed by atoms with Crippen molar-refractivity contribution in [2.24, 2.45) is 0 Å². The first-order valence-corrected chi connectivity index (χ1v) is 46.4. The molecule has 16 nitrogen and oxygen atoms in total. The number of aliphatic hydroxyl groups excluding tert-OH is 2. The summed E-state index contributed by atoms with van der Waals surface area (Å²) in [5, 5.41) is 20.7. The van der Waals surface area contributed by atoms with Crippen molar-refractivity contribution in [3.63, 3.8) is 0 Å². The minimum Gasteiger partial charge on any atom is -0.463 e. The predicted octanol–water partition coefficient (Wildman–Crippen LogP) is 26.3. The van der Waals surface area contributed by atoms with Crippen molar-refractivity contribution >= 4 is 33.6 Å². The third-order valence-corrected chi connectivity index (χ3v) is 19.8. The van der Waals surface area contributed by atoms with Gasteiger partial charge < -0.3 is 34.2 Å². The quantitative estimate of drug-likeness (QED) is 0.0146. The third-order valence-electron chi connectivity index (χ3n) is 17.9. The van der Waals surface area contributed by atoms with Gasteiger partial charge in [0.05, 0.1) is 26.4 Å². The maximum atomic E-state index is 13.0. The number of rotatable bonds is 81. The van der Waals surface area contributed by atoms with E-state index in [4.69, 9.17) is 32.3 Å². The van der Waals surface area contributed by atoms with Gasteiger partial charge in [-0.05, 0) is 154 Å². The van der Waals surface area contributed by atoms with Crippen molar-refractivity contribution in [3.8, 4) is 0 Å². The highest BCUT2D eigenvalue weighted by Gasteiger charge is 2.29. The molecular weight excluding hydrogens is 1430 g/mol. The fourth-order valence-electron chi connectivity index (χ4n) is 11.4. The Labute approximate surface area is 675 Å². The summed E-state index contributed by atoms with van der Waals surface area (Å²) in [7, 11) is -9.81. The van der Waals surface area contributed by atoms with Crippen LogP contribution in [-0.2, 0) is 55.8 Å². The SMILES string of the molecule is CC/C=C\C/C=C\C/C=C\C/C=C\C/C=C\C/C=C\CCCCCCCCCCCCCCCCCCC(=O)OCC(O)COP(=O)(O)OCC(O)COP(=O)(O)OCC(COC(=O)CCCCCCCC/C=C\C/C=C\C/C=C\C/C=C\C/C=C\C/C=C\CC)OC(=O)CCCCCCC/C=C\C/C=C\CCCCC. The average Bonchev–Trinajstić information content (AvgIpc) is 0.901. The zero-order chi connectivity index (χ0) is 80.8. The van der Waals surface area contributed by atoms with E-state index in [0.29, 0.717) is 19.3 Å². The summed E-state index contributed by atoms with van der Waals surface area (Å²) in [6.45, 7) is 2.41. The van der Waals surface area contributed by atoms with E-state index in [2.05, 4.69) is 191 Å². The van der Waals surface area contributed by atoms with E-state index in [1.54, 1.807) is 0 Å². The van der Waals surface area contributed by atoms with Crippen LogP contribution in [0.25, 0.3) is 0 Å². The van der Waals surface area contributed by atoms with Gasteiger partial charge in [0, 0.05) is 19.3 Å². The highest BCUT2D eigenvalue weighted by Crippen LogP contribution is 2.45. The Morgan fingerprint density at radius 1 is 0.261 bits per heavy atom. The van der Waals surface area contributed by atoms with Crippen LogP contribution in [0.15, 0.2) is 170 Å². The number of allylic oxidation sites excluding steroid dienone is 28. The van der Waals surface area contributed by atoms with Crippen molar-refractivity contribution in [3.05, 3.63) is 170 Å². The lowest BCUT2D eigenvalue weighted by molar-refractivity contribution is -0.161. The molecule has 18 heteroatoms. The zero-order valence-electron chi connectivity index (χ0n) is 69.6. The molecule has 634 valence electrons. The van der Waals surface area contributed by atoms with Crippen molar-refractivity contribution in [2.75, 3.05) is 39.6 Å². The summed E-state index contributed by atoms with van der Waals surface area (Å²) in [5.41, 5.74) is 0. The molecule has 111 heavy (non-hydrogen) atoms. The van der Waals surface area contributed by atoms with Gasteiger partial charge in [-0.3, -0.25) is 32.5 Å². The Hall–Kier alpha value is -5.09. The van der Waals surface area contributed by atoms with Crippen LogP contribution in [0.2, 0.25) is 0 Å². The number of aliphatic hydroxyl groups is 2. The van der Waals surface area contributed by atoms with E-state index in [0.717, 1.165) is 180 Å². The van der Waals surface area contributed by atoms with Crippen LogP contribution in [0.3, 0.4) is 0 Å². The van der Waals surface area contributed by atoms with E-state index in [9.17, 15) is 43.5 Å². The Bertz CT molecular complexity index is 2700. The van der Waals surface area contributed by atoms with E-state index in [-0.39, 0.29) is 19.3 Å². The molecular formula is C93H156O16P2. The fourth-order valence-corrected chi connectivity index (χ4v) is 13.0. The minimum absolute atomic E-state index is 0.0809. The molecule has 0 aliphatic carbocycles. The number of ether oxygens (including phenoxy) is 3. The largest absolute Gasteiger partial charge is 0.472 e. The van der Waals surface area contributed by atoms with Gasteiger partial charge in [0.15, 0.2) is 6.10 Å². The van der Waals surface area contributed by atoms with Gasteiger partial charge in [-0.25, -0.2) is 9.13 Å². The maximum absolute atomic E-state index is 13.0. The first kappa shape index (κ1) is 106. The van der Waals surface area contributed by atoms with E-state index in [1.165, 1.54) is 103 Å². The second-order valence-corrected chi connectivity index (χ2v) is 31.5. The second-order valence-electron chi connectivity index (χ2n) is 28.6. The summed E-state index contributed by atoms with van der Waals surface area (Å²) in [6.07, 6.45) is 108. The van der Waals surface area contributed by atoms with Crippen LogP contribution in [0, 0.1) is 0 Å². The summed E-state index contributed by atoms with van der Waals surface area (Å²) in [4.78, 5) is 58.8. The van der Waals surface area contributed by atoms with E-state index in [1.807, 2.05) is 0 Å². The second kappa shape index (κ2) is 84.3. The smallest absolute Gasteiger partial charge is 0.463 e. The molecule has 0 heterocycles. The lowest BCUT2D eigenvalue weighted by atomic mass is 10.0. The number of phosphoric acid groups is 2. The van der Waals surface area contributed by atoms with Gasteiger partial charge in [-0.15, -0.1) is 0 Å². The lowest BCUT2D eigenvalue weighted by Crippen LogP contribution is -2.30. The van der Waals surface area contributed by atoms with Gasteiger partial charge in [0.2, 0.25) is 0 Å². The van der Waals surface area contributed by atoms with Crippen molar-refractivity contribution in [1.82, 2.24) is 0 Å². The van der Waals surface area contributed by atoms with Crippen molar-refractivity contribution in [2.45, 2.75) is 360 Å². The van der Waals surface area contributed by atoms with Crippen LogP contribution in [0.4, 0.5) is 0 Å². The molecule has 0 aliphatic rings. The van der Waals surface area contributed by atoms with Crippen LogP contribution in [0.1, 0.15) is 342 Å². The summed E-state index contributed by atoms with van der Waals surface area (Å²) in [5.74, 6) is -1.61. The van der Waals surface area contributed by atoms with Crippen LogP contribution in [0.5, 0.6) is 0 Å². The van der Waals surface area contributed by atoms with Crippen LogP contribution < -0.4 is 0 Å². The standard InChI is InChI=1S/C93H156O16P2/c1-4-7-10-13-16-19-22-25-28-30-32-34-36-38-39-40-41-42-43-44-45-46-47-49-51-52-54-56-59-61-64-67-70-73-76-79-91(96)103-82-88(94)83-105-110(99,100)106-84-89(95)85-107-111(101,102)108-87-90(109-93(98)81-78-75-72-69-66-63-58-27-24-21-18-15-12-9-6-3)86-104-92(97)80-77-74-71-68-65-62-60-57-55-53-50-48-37-35-33-31-29-26-23-20-17-14-11-8-5-2/h7-8,10-11,16-21,25-29,32-35,38-39,41-42,48,50,55,57-58,88-90,94-95H,4-6,9,12-15,22-24,30-31,36-37,40,43-47,49,51-54,56,59-87H2,1-3H3,(H,99,100)(H,101,102)/b10-7-,11-8-,19-16-,20-17-,21-18-,28-25-,29-26-,34-32-,35-33-,39-38-,42-41-,50-48-,57-55-,58-27-. The van der Waals surface area contributed by atoms with E-state index < -0.39 is 91.5 Å². The summed E-state index contributed by atoms with van der Waals surface area (Å²) < 4.78 is 61.3. The minimum atomic E-state index is -4.95. The monoisotopic (exact) mass is 1590 g/mol. The Morgan fingerprint density at radius 2 is 0.477 bits per heavy atom. The average molecular weight is 1590 g/mol. The molecule has 0 bridgehead atoms. The molecule has 0 rings (SSSR count). The molecule has 0 spiro atoms. The highest BCUT2D eigenvalue weighted by molar-refractivity contribution is 7.47. The summed E-state index contributed by atoms with van der Waals surface area (Å²) in [6, 6.07) is 0. The number of phosphoric ester groups is 2. The maximum Gasteiger partial charge on any atom is 0.472 e. The van der Waals surface area contributed by atoms with Gasteiger partial charge >= 0.3 is 33.6 Å².